The van der Waals surface area contributed by atoms with Crippen LogP contribution in [0.4, 0.5) is 5.82 Å². The lowest BCUT2D eigenvalue weighted by Gasteiger charge is -2.38. The van der Waals surface area contributed by atoms with Crippen LogP contribution in [0.5, 0.6) is 0 Å². The number of allylic oxidation sites excluding steroid dienone is 1. The molecule has 0 spiro atoms. The number of carbonyl (C=O) groups excluding carboxylic acids is 1. The Labute approximate surface area is 184 Å². The van der Waals surface area contributed by atoms with Crippen molar-refractivity contribution in [2.45, 2.75) is 19.9 Å². The van der Waals surface area contributed by atoms with Gasteiger partial charge in [0.1, 0.15) is 5.76 Å². The quantitative estimate of drug-likeness (QED) is 0.636. The first-order valence-electron chi connectivity index (χ1n) is 8.79. The lowest BCUT2D eigenvalue weighted by molar-refractivity contribution is -0.113. The van der Waals surface area contributed by atoms with E-state index in [1.54, 1.807) is 38.3 Å². The topological polar surface area (TPSA) is 79.6 Å². The van der Waals surface area contributed by atoms with Gasteiger partial charge in [-0.25, -0.2) is 0 Å². The maximum atomic E-state index is 13.2. The van der Waals surface area contributed by atoms with Gasteiger partial charge in [-0.1, -0.05) is 34.4 Å². The summed E-state index contributed by atoms with van der Waals surface area (Å²) in [5.74, 6) is 0.572. The second kappa shape index (κ2) is 9.13. The summed E-state index contributed by atoms with van der Waals surface area (Å²) in [6.07, 6.45) is 0. The maximum Gasteiger partial charge on any atom is 0.257 e. The molecule has 1 unspecified atom stereocenters. The van der Waals surface area contributed by atoms with Crippen molar-refractivity contribution in [1.29, 1.82) is 0 Å². The van der Waals surface area contributed by atoms with Crippen LogP contribution in [0.1, 0.15) is 24.3 Å². The minimum Gasteiger partial charge on any atom is -0.383 e. The monoisotopic (exact) mass is 454 g/mol. The molecule has 7 nitrogen and oxygen atoms in total. The summed E-state index contributed by atoms with van der Waals surface area (Å²) in [5.41, 5.74) is 1.84. The van der Waals surface area contributed by atoms with Crippen LogP contribution in [0.25, 0.3) is 0 Å². The second-order valence-electron chi connectivity index (χ2n) is 6.47. The van der Waals surface area contributed by atoms with Gasteiger partial charge in [-0.3, -0.25) is 4.79 Å². The van der Waals surface area contributed by atoms with Crippen molar-refractivity contribution in [3.8, 4) is 0 Å². The van der Waals surface area contributed by atoms with Crippen LogP contribution in [0.2, 0.25) is 10.0 Å². The summed E-state index contributed by atoms with van der Waals surface area (Å²) in [4.78, 5) is 15.0. The molecule has 0 radical (unpaired) electrons. The van der Waals surface area contributed by atoms with Crippen LogP contribution in [0.3, 0.4) is 0 Å². The Balaban J connectivity index is 2.04. The van der Waals surface area contributed by atoms with E-state index in [1.165, 1.54) is 0 Å². The molecule has 1 aromatic carbocycles. The Morgan fingerprint density at radius 2 is 2.14 bits per heavy atom. The number of hydrogen-bond donors (Lipinski definition) is 2. The molecule has 2 heterocycles. The van der Waals surface area contributed by atoms with E-state index in [9.17, 15) is 4.79 Å². The zero-order valence-corrected chi connectivity index (χ0v) is 18.4. The highest BCUT2D eigenvalue weighted by atomic mass is 35.5. The van der Waals surface area contributed by atoms with Gasteiger partial charge < -0.3 is 24.8 Å². The van der Waals surface area contributed by atoms with Gasteiger partial charge in [-0.2, -0.15) is 0 Å². The molecule has 1 aliphatic heterocycles. The van der Waals surface area contributed by atoms with E-state index in [-0.39, 0.29) is 5.91 Å². The van der Waals surface area contributed by atoms with E-state index in [0.29, 0.717) is 56.7 Å². The van der Waals surface area contributed by atoms with Gasteiger partial charge >= 0.3 is 0 Å². The number of methoxy groups -OCH3 is 1. The molecule has 0 bridgehead atoms. The molecule has 1 atom stereocenters. The molecule has 29 heavy (non-hydrogen) atoms. The van der Waals surface area contributed by atoms with Crippen LogP contribution in [0, 0.1) is 6.92 Å². The van der Waals surface area contributed by atoms with Crippen molar-refractivity contribution in [3.63, 3.8) is 0 Å². The van der Waals surface area contributed by atoms with E-state index in [2.05, 4.69) is 15.8 Å². The van der Waals surface area contributed by atoms with Crippen molar-refractivity contribution >= 4 is 52.3 Å². The van der Waals surface area contributed by atoms with Crippen LogP contribution < -0.4 is 10.6 Å². The SMILES string of the molecule is COCCN1C(=S)NC(c2ccc(Cl)cc2Cl)C(C(=O)Nc2cc(C)on2)=C1C. The third-order valence-electron chi connectivity index (χ3n) is 4.50. The van der Waals surface area contributed by atoms with Gasteiger partial charge in [0.2, 0.25) is 0 Å². The average Bonchev–Trinajstić information content (AvgIpc) is 3.05. The number of aryl methyl sites for hydroxylation is 1. The highest BCUT2D eigenvalue weighted by Gasteiger charge is 2.35. The number of benzene rings is 1. The number of nitrogens with one attached hydrogen (secondary N) is 2. The van der Waals surface area contributed by atoms with Crippen molar-refractivity contribution in [3.05, 3.63) is 56.9 Å². The third kappa shape index (κ3) is 4.72. The molecule has 1 aliphatic rings. The fraction of sp³-hybridized carbons (Fsp3) is 0.316. The van der Waals surface area contributed by atoms with E-state index >= 15 is 0 Å². The number of rotatable bonds is 6. The lowest BCUT2D eigenvalue weighted by atomic mass is 9.94. The van der Waals surface area contributed by atoms with Crippen molar-refractivity contribution < 1.29 is 14.1 Å². The minimum atomic E-state index is -0.556. The standard InChI is InChI=1S/C19H20Cl2N4O3S/c1-10-8-15(24-28-10)22-18(26)16-11(2)25(6-7-27-3)19(29)23-17(16)13-5-4-12(20)9-14(13)21/h4-5,8-9,17H,6-7H2,1-3H3,(H,23,29)(H,22,24,26). The first-order valence-corrected chi connectivity index (χ1v) is 9.95. The normalized spacial score (nSPS) is 16.8. The van der Waals surface area contributed by atoms with Gasteiger partial charge in [0.25, 0.3) is 5.91 Å². The Bertz CT molecular complexity index is 976. The molecule has 0 saturated carbocycles. The fourth-order valence-corrected chi connectivity index (χ4v) is 3.97. The lowest BCUT2D eigenvalue weighted by Crippen LogP contribution is -2.49. The average molecular weight is 455 g/mol. The molecule has 154 valence electrons. The smallest absolute Gasteiger partial charge is 0.257 e. The number of ether oxygens (including phenoxy) is 1. The Hall–Kier alpha value is -2.13. The number of carbonyl (C=O) groups is 1. The minimum absolute atomic E-state index is 0.324. The fourth-order valence-electron chi connectivity index (χ4n) is 3.11. The number of amides is 1. The number of aromatic nitrogens is 1. The molecule has 3 rings (SSSR count). The molecule has 0 aliphatic carbocycles. The highest BCUT2D eigenvalue weighted by molar-refractivity contribution is 7.80. The van der Waals surface area contributed by atoms with Crippen molar-refractivity contribution in [1.82, 2.24) is 15.4 Å². The van der Waals surface area contributed by atoms with Crippen LogP contribution in [-0.4, -0.2) is 41.3 Å². The summed E-state index contributed by atoms with van der Waals surface area (Å²) >= 11 is 18.0. The van der Waals surface area contributed by atoms with Gasteiger partial charge in [0.15, 0.2) is 10.9 Å². The Morgan fingerprint density at radius 1 is 1.38 bits per heavy atom. The van der Waals surface area contributed by atoms with Crippen LogP contribution in [0.15, 0.2) is 40.1 Å². The summed E-state index contributed by atoms with van der Waals surface area (Å²) in [5, 5.41) is 11.2. The number of hydrogen-bond acceptors (Lipinski definition) is 5. The Kier molecular flexibility index (Phi) is 6.79. The molecule has 0 fully saturated rings. The molecule has 2 aromatic rings. The summed E-state index contributed by atoms with van der Waals surface area (Å²) in [7, 11) is 1.61. The molecule has 10 heteroatoms. The van der Waals surface area contributed by atoms with Gasteiger partial charge in [-0.05, 0) is 43.8 Å². The van der Waals surface area contributed by atoms with E-state index < -0.39 is 6.04 Å². The summed E-state index contributed by atoms with van der Waals surface area (Å²) in [6, 6.07) is 6.21. The number of halogens is 2. The van der Waals surface area contributed by atoms with Gasteiger partial charge in [0, 0.05) is 35.5 Å². The van der Waals surface area contributed by atoms with E-state index in [4.69, 9.17) is 44.7 Å². The van der Waals surface area contributed by atoms with Crippen LogP contribution >= 0.6 is 35.4 Å². The predicted octanol–water partition coefficient (Wildman–Crippen LogP) is 4.08. The maximum absolute atomic E-state index is 13.2. The zero-order chi connectivity index (χ0) is 21.1. The number of nitrogens with zero attached hydrogens (tertiary/aromatic N) is 2. The van der Waals surface area contributed by atoms with Gasteiger partial charge in [0.05, 0.1) is 18.2 Å². The molecule has 1 amide bonds. The summed E-state index contributed by atoms with van der Waals surface area (Å²) < 4.78 is 10.2. The van der Waals surface area contributed by atoms with Crippen molar-refractivity contribution in [2.75, 3.05) is 25.6 Å². The van der Waals surface area contributed by atoms with Crippen molar-refractivity contribution in [2.24, 2.45) is 0 Å². The van der Waals surface area contributed by atoms with E-state index in [0.717, 1.165) is 0 Å². The molecule has 2 N–H and O–H groups in total. The first kappa shape index (κ1) is 21.6. The van der Waals surface area contributed by atoms with E-state index in [1.807, 2.05) is 11.8 Å². The molecular formula is C19H20Cl2N4O3S. The van der Waals surface area contributed by atoms with Crippen LogP contribution in [-0.2, 0) is 9.53 Å². The molecule has 1 aromatic heterocycles. The molecular weight excluding hydrogens is 435 g/mol. The number of thiocarbonyl (C=S) groups is 1. The predicted molar refractivity (Wildman–Crippen MR) is 116 cm³/mol. The van der Waals surface area contributed by atoms with Gasteiger partial charge in [-0.15, -0.1) is 0 Å². The third-order valence-corrected chi connectivity index (χ3v) is 5.40. The largest absolute Gasteiger partial charge is 0.383 e. The second-order valence-corrected chi connectivity index (χ2v) is 7.70. The first-order chi connectivity index (χ1) is 13.8. The zero-order valence-electron chi connectivity index (χ0n) is 16.1. The number of anilines is 1. The molecule has 0 saturated heterocycles. The Morgan fingerprint density at radius 3 is 2.76 bits per heavy atom. The summed E-state index contributed by atoms with van der Waals surface area (Å²) in [6.45, 7) is 4.52. The highest BCUT2D eigenvalue weighted by Crippen LogP contribution is 2.35.